The van der Waals surface area contributed by atoms with E-state index in [9.17, 15) is 4.79 Å². The van der Waals surface area contributed by atoms with Crippen LogP contribution in [0.2, 0.25) is 0 Å². The molecule has 1 saturated heterocycles. The van der Waals surface area contributed by atoms with Crippen molar-refractivity contribution in [1.29, 1.82) is 0 Å². The molecule has 0 unspecified atom stereocenters. The molecular formula is C34H46O13. The standard InChI is InChI=1S/C34H46O13/c1-36-18-41-17-30-33(45-21-39-4)34(46-22-40-5)32(44-20-38-3)29(47-30)16-25-7-6-8-28(43-19-37-2)31(25)26(35)11-9-23-10-12-27-24(15-23)13-14-42-27/h6-8,10,12-15,29-30,32-34H,9,11,16-22H2,1-5H3/t29-,30+,32-,33+,34+/m0/s1. The number of fused-ring (bicyclic) bond motifs is 1. The maximum absolute atomic E-state index is 14.0. The Morgan fingerprint density at radius 1 is 0.745 bits per heavy atom. The predicted molar refractivity (Wildman–Crippen MR) is 168 cm³/mol. The van der Waals surface area contributed by atoms with Crippen molar-refractivity contribution in [2.75, 3.05) is 76.1 Å². The predicted octanol–water partition coefficient (Wildman–Crippen LogP) is 4.13. The number of carbonyl (C=O) groups is 1. The van der Waals surface area contributed by atoms with Gasteiger partial charge in [-0.05, 0) is 41.8 Å². The highest BCUT2D eigenvalue weighted by atomic mass is 16.7. The number of Topliss-reactive ketones (excluding diaryl/α,β-unsaturated/α-hetero) is 1. The van der Waals surface area contributed by atoms with Crippen LogP contribution in [0.15, 0.2) is 53.1 Å². The van der Waals surface area contributed by atoms with Gasteiger partial charge in [0.25, 0.3) is 0 Å². The number of hydrogen-bond donors (Lipinski definition) is 0. The van der Waals surface area contributed by atoms with Gasteiger partial charge in [0.05, 0.1) is 24.5 Å². The summed E-state index contributed by atoms with van der Waals surface area (Å²) >= 11 is 0. The van der Waals surface area contributed by atoms with Gasteiger partial charge < -0.3 is 56.5 Å². The second-order valence-electron chi connectivity index (χ2n) is 10.9. The highest BCUT2D eigenvalue weighted by Crippen LogP contribution is 2.33. The number of furan rings is 1. The summed E-state index contributed by atoms with van der Waals surface area (Å²) in [6.07, 6.45) is -0.579. The van der Waals surface area contributed by atoms with Crippen LogP contribution >= 0.6 is 0 Å². The van der Waals surface area contributed by atoms with Crippen LogP contribution in [0, 0.1) is 0 Å². The lowest BCUT2D eigenvalue weighted by Gasteiger charge is -2.46. The zero-order chi connectivity index (χ0) is 33.4. The van der Waals surface area contributed by atoms with E-state index in [1.54, 1.807) is 12.3 Å². The summed E-state index contributed by atoms with van der Waals surface area (Å²) in [7, 11) is 7.65. The first kappa shape index (κ1) is 36.9. The van der Waals surface area contributed by atoms with Crippen molar-refractivity contribution in [3.05, 3.63) is 65.4 Å². The summed E-state index contributed by atoms with van der Waals surface area (Å²) < 4.78 is 68.1. The van der Waals surface area contributed by atoms with E-state index in [-0.39, 0.29) is 59.2 Å². The van der Waals surface area contributed by atoms with Crippen LogP contribution in [0.3, 0.4) is 0 Å². The van der Waals surface area contributed by atoms with Crippen molar-refractivity contribution in [3.8, 4) is 5.75 Å². The lowest BCUT2D eigenvalue weighted by atomic mass is 9.88. The molecule has 0 radical (unpaired) electrons. The summed E-state index contributed by atoms with van der Waals surface area (Å²) in [5, 5.41) is 0.984. The molecule has 13 nitrogen and oxygen atoms in total. The zero-order valence-corrected chi connectivity index (χ0v) is 27.7. The van der Waals surface area contributed by atoms with Crippen molar-refractivity contribution >= 4 is 16.8 Å². The van der Waals surface area contributed by atoms with Crippen LogP contribution in [0.25, 0.3) is 11.0 Å². The van der Waals surface area contributed by atoms with Crippen molar-refractivity contribution in [1.82, 2.24) is 0 Å². The average molecular weight is 663 g/mol. The quantitative estimate of drug-likeness (QED) is 0.0869. The fourth-order valence-electron chi connectivity index (χ4n) is 5.65. The smallest absolute Gasteiger partial charge is 0.188 e. The molecule has 3 aromatic rings. The monoisotopic (exact) mass is 662 g/mol. The Kier molecular flexibility index (Phi) is 15.5. The topological polar surface area (TPSA) is 132 Å². The molecule has 0 saturated carbocycles. The Bertz CT molecular complexity index is 1340. The number of carbonyl (C=O) groups excluding carboxylic acids is 1. The Balaban J connectivity index is 1.65. The van der Waals surface area contributed by atoms with E-state index in [1.165, 1.54) is 35.5 Å². The first-order chi connectivity index (χ1) is 23.0. The van der Waals surface area contributed by atoms with Gasteiger partial charge in [0.15, 0.2) is 12.6 Å². The number of ether oxygens (including phenoxy) is 11. The Labute approximate surface area is 275 Å². The van der Waals surface area contributed by atoms with Gasteiger partial charge in [-0.25, -0.2) is 0 Å². The van der Waals surface area contributed by atoms with Gasteiger partial charge >= 0.3 is 0 Å². The van der Waals surface area contributed by atoms with Crippen LogP contribution in [0.5, 0.6) is 5.75 Å². The van der Waals surface area contributed by atoms with E-state index < -0.39 is 30.5 Å². The molecule has 2 heterocycles. The third kappa shape index (κ3) is 10.3. The van der Waals surface area contributed by atoms with Gasteiger partial charge in [-0.2, -0.15) is 0 Å². The first-order valence-corrected chi connectivity index (χ1v) is 15.3. The highest BCUT2D eigenvalue weighted by Gasteiger charge is 2.48. The van der Waals surface area contributed by atoms with Crippen LogP contribution in [-0.2, 0) is 60.2 Å². The maximum atomic E-state index is 14.0. The lowest BCUT2D eigenvalue weighted by Crippen LogP contribution is -2.62. The minimum Gasteiger partial charge on any atom is -0.467 e. The fourth-order valence-corrected chi connectivity index (χ4v) is 5.65. The molecule has 13 heteroatoms. The molecule has 0 aliphatic carbocycles. The number of rotatable bonds is 22. The summed E-state index contributed by atoms with van der Waals surface area (Å²) in [5.41, 5.74) is 2.98. The normalized spacial score (nSPS) is 21.3. The van der Waals surface area contributed by atoms with E-state index in [2.05, 4.69) is 0 Å². The molecule has 2 aromatic carbocycles. The van der Waals surface area contributed by atoms with Crippen molar-refractivity contribution in [2.24, 2.45) is 0 Å². The Morgan fingerprint density at radius 3 is 2.13 bits per heavy atom. The van der Waals surface area contributed by atoms with Crippen LogP contribution in [0.1, 0.15) is 27.9 Å². The molecule has 0 N–H and O–H groups in total. The Hall–Kier alpha value is -2.95. The first-order valence-electron chi connectivity index (χ1n) is 15.3. The van der Waals surface area contributed by atoms with E-state index in [4.69, 9.17) is 56.5 Å². The van der Waals surface area contributed by atoms with Crippen LogP contribution < -0.4 is 4.74 Å². The Morgan fingerprint density at radius 2 is 1.43 bits per heavy atom. The van der Waals surface area contributed by atoms with E-state index in [0.29, 0.717) is 23.3 Å². The summed E-state index contributed by atoms with van der Waals surface area (Å²) in [5.74, 6) is 0.330. The van der Waals surface area contributed by atoms with Crippen molar-refractivity contribution in [3.63, 3.8) is 0 Å². The van der Waals surface area contributed by atoms with E-state index in [0.717, 1.165) is 16.5 Å². The number of aryl methyl sites for hydroxylation is 1. The summed E-state index contributed by atoms with van der Waals surface area (Å²) in [4.78, 5) is 14.0. The largest absolute Gasteiger partial charge is 0.467 e. The minimum absolute atomic E-state index is 0.0195. The summed E-state index contributed by atoms with van der Waals surface area (Å²) in [6, 6.07) is 13.3. The molecule has 1 fully saturated rings. The fraction of sp³-hybridized carbons (Fsp3) is 0.559. The molecular weight excluding hydrogens is 616 g/mol. The van der Waals surface area contributed by atoms with Gasteiger partial charge in [-0.3, -0.25) is 4.79 Å². The maximum Gasteiger partial charge on any atom is 0.188 e. The third-order valence-corrected chi connectivity index (χ3v) is 7.65. The highest BCUT2D eigenvalue weighted by molar-refractivity contribution is 6.00. The van der Waals surface area contributed by atoms with Crippen LogP contribution in [0.4, 0.5) is 0 Å². The molecule has 4 rings (SSSR count). The molecule has 0 bridgehead atoms. The molecule has 1 aliphatic heterocycles. The minimum atomic E-state index is -0.696. The molecule has 1 aromatic heterocycles. The molecule has 0 spiro atoms. The molecule has 260 valence electrons. The number of benzene rings is 2. The van der Waals surface area contributed by atoms with Crippen molar-refractivity contribution in [2.45, 2.75) is 49.8 Å². The van der Waals surface area contributed by atoms with E-state index >= 15 is 0 Å². The molecule has 1 aliphatic rings. The number of hydrogen-bond acceptors (Lipinski definition) is 13. The van der Waals surface area contributed by atoms with E-state index in [1.807, 2.05) is 36.4 Å². The second-order valence-corrected chi connectivity index (χ2v) is 10.9. The van der Waals surface area contributed by atoms with Crippen LogP contribution in [-0.4, -0.2) is 112 Å². The van der Waals surface area contributed by atoms with Crippen molar-refractivity contribution < 1.29 is 61.3 Å². The molecule has 5 atom stereocenters. The molecule has 0 amide bonds. The van der Waals surface area contributed by atoms with Gasteiger partial charge in [-0.15, -0.1) is 0 Å². The number of ketones is 1. The SMILES string of the molecule is COCOC[C@H]1O[C@@H](Cc2cccc(OCOC)c2C(=O)CCc2ccc3occc3c2)[C@H](OCOC)[C@@H](OCOC)[C@@H]1OCOC. The number of methoxy groups -OCH3 is 5. The second kappa shape index (κ2) is 19.8. The average Bonchev–Trinajstić information content (AvgIpc) is 3.56. The van der Waals surface area contributed by atoms with Gasteiger partial charge in [-0.1, -0.05) is 18.2 Å². The third-order valence-electron chi connectivity index (χ3n) is 7.65. The zero-order valence-electron chi connectivity index (χ0n) is 27.7. The van der Waals surface area contributed by atoms with Gasteiger partial charge in [0.1, 0.15) is 62.9 Å². The van der Waals surface area contributed by atoms with Gasteiger partial charge in [0.2, 0.25) is 0 Å². The van der Waals surface area contributed by atoms with Gasteiger partial charge in [0, 0.05) is 53.8 Å². The lowest BCUT2D eigenvalue weighted by molar-refractivity contribution is -0.297. The summed E-state index contributed by atoms with van der Waals surface area (Å²) in [6.45, 7) is 0.0751. The molecule has 47 heavy (non-hydrogen) atoms.